The van der Waals surface area contributed by atoms with Gasteiger partial charge < -0.3 is 5.73 Å². The molecule has 1 aliphatic heterocycles. The minimum absolute atomic E-state index is 0.195. The van der Waals surface area contributed by atoms with Crippen molar-refractivity contribution in [3.8, 4) is 0 Å². The van der Waals surface area contributed by atoms with Gasteiger partial charge in [0.05, 0.1) is 6.54 Å². The average Bonchev–Trinajstić information content (AvgIpc) is 2.31. The number of carbonyl (C=O) groups excluding carboxylic acids is 1. The van der Waals surface area contributed by atoms with E-state index in [2.05, 4.69) is 11.8 Å². The number of primary amides is 1. The molecule has 2 N–H and O–H groups in total. The Morgan fingerprint density at radius 3 is 2.86 bits per heavy atom. The summed E-state index contributed by atoms with van der Waals surface area (Å²) < 4.78 is 0. The Morgan fingerprint density at radius 2 is 2.21 bits per heavy atom. The van der Waals surface area contributed by atoms with Gasteiger partial charge in [0.15, 0.2) is 0 Å². The molecule has 3 heteroatoms. The van der Waals surface area contributed by atoms with Gasteiger partial charge in [-0.3, -0.25) is 9.69 Å². The van der Waals surface area contributed by atoms with Gasteiger partial charge in [-0.05, 0) is 38.3 Å². The first-order valence-corrected chi connectivity index (χ1v) is 5.73. The lowest BCUT2D eigenvalue weighted by atomic mass is 9.96. The summed E-state index contributed by atoms with van der Waals surface area (Å²) in [6.45, 7) is 4.78. The molecular weight excluding hydrogens is 176 g/mol. The minimum Gasteiger partial charge on any atom is -0.369 e. The topological polar surface area (TPSA) is 46.3 Å². The average molecular weight is 198 g/mol. The molecule has 0 aromatic rings. The molecule has 1 heterocycles. The molecule has 1 rings (SSSR count). The summed E-state index contributed by atoms with van der Waals surface area (Å²) in [6, 6.07) is 0. The molecule has 1 saturated heterocycles. The van der Waals surface area contributed by atoms with E-state index < -0.39 is 0 Å². The zero-order chi connectivity index (χ0) is 10.4. The van der Waals surface area contributed by atoms with Crippen molar-refractivity contribution in [2.45, 2.75) is 39.0 Å². The molecule has 0 saturated carbocycles. The van der Waals surface area contributed by atoms with Crippen molar-refractivity contribution in [2.75, 3.05) is 19.6 Å². The predicted octanol–water partition coefficient (Wildman–Crippen LogP) is 1.37. The molecule has 1 atom stereocenters. The Balaban J connectivity index is 2.29. The lowest BCUT2D eigenvalue weighted by molar-refractivity contribution is -0.119. The van der Waals surface area contributed by atoms with Crippen LogP contribution in [0, 0.1) is 5.92 Å². The van der Waals surface area contributed by atoms with E-state index in [1.165, 1.54) is 32.1 Å². The van der Waals surface area contributed by atoms with Crippen LogP contribution in [0.3, 0.4) is 0 Å². The number of nitrogens with zero attached hydrogens (tertiary/aromatic N) is 1. The van der Waals surface area contributed by atoms with E-state index in [0.29, 0.717) is 6.54 Å². The minimum atomic E-state index is -0.195. The van der Waals surface area contributed by atoms with Gasteiger partial charge in [0.25, 0.3) is 0 Å². The summed E-state index contributed by atoms with van der Waals surface area (Å²) in [6.07, 6.45) is 6.40. The molecule has 82 valence electrons. The first-order chi connectivity index (χ1) is 6.72. The van der Waals surface area contributed by atoms with E-state index >= 15 is 0 Å². The first-order valence-electron chi connectivity index (χ1n) is 5.73. The number of hydrogen-bond acceptors (Lipinski definition) is 2. The smallest absolute Gasteiger partial charge is 0.231 e. The van der Waals surface area contributed by atoms with Crippen LogP contribution in [0.1, 0.15) is 39.0 Å². The second kappa shape index (κ2) is 6.02. The summed E-state index contributed by atoms with van der Waals surface area (Å²) in [5.41, 5.74) is 5.19. The molecular formula is C11H22N2O. The third kappa shape index (κ3) is 4.09. The largest absolute Gasteiger partial charge is 0.369 e. The Morgan fingerprint density at radius 1 is 1.43 bits per heavy atom. The summed E-state index contributed by atoms with van der Waals surface area (Å²) >= 11 is 0. The van der Waals surface area contributed by atoms with Crippen molar-refractivity contribution < 1.29 is 4.79 Å². The standard InChI is InChI=1S/C11H22N2O/c1-2-4-10-5-3-7-13(8-6-10)9-11(12)14/h10H,2-9H2,1H3,(H2,12,14). The maximum absolute atomic E-state index is 10.8. The lowest BCUT2D eigenvalue weighted by Gasteiger charge is -2.17. The number of rotatable bonds is 4. The van der Waals surface area contributed by atoms with Crippen molar-refractivity contribution in [3.63, 3.8) is 0 Å². The van der Waals surface area contributed by atoms with Crippen molar-refractivity contribution in [2.24, 2.45) is 11.7 Å². The fraction of sp³-hybridized carbons (Fsp3) is 0.909. The molecule has 0 aromatic heterocycles. The second-order valence-electron chi connectivity index (χ2n) is 4.33. The van der Waals surface area contributed by atoms with Crippen LogP contribution < -0.4 is 5.73 Å². The summed E-state index contributed by atoms with van der Waals surface area (Å²) in [7, 11) is 0. The molecule has 0 aliphatic carbocycles. The highest BCUT2D eigenvalue weighted by atomic mass is 16.1. The molecule has 1 fully saturated rings. The van der Waals surface area contributed by atoms with E-state index in [1.807, 2.05) is 0 Å². The molecule has 0 radical (unpaired) electrons. The van der Waals surface area contributed by atoms with Gasteiger partial charge in [-0.15, -0.1) is 0 Å². The predicted molar refractivity (Wildman–Crippen MR) is 57.9 cm³/mol. The Labute approximate surface area is 86.6 Å². The fourth-order valence-corrected chi connectivity index (χ4v) is 2.30. The van der Waals surface area contributed by atoms with Crippen molar-refractivity contribution in [1.29, 1.82) is 0 Å². The lowest BCUT2D eigenvalue weighted by Crippen LogP contribution is -2.34. The van der Waals surface area contributed by atoms with Gasteiger partial charge in [0.2, 0.25) is 5.91 Å². The molecule has 1 aliphatic rings. The van der Waals surface area contributed by atoms with E-state index in [4.69, 9.17) is 5.73 Å². The van der Waals surface area contributed by atoms with Gasteiger partial charge in [-0.25, -0.2) is 0 Å². The van der Waals surface area contributed by atoms with Crippen LogP contribution in [0.4, 0.5) is 0 Å². The van der Waals surface area contributed by atoms with Crippen LogP contribution >= 0.6 is 0 Å². The van der Waals surface area contributed by atoms with Gasteiger partial charge in [0.1, 0.15) is 0 Å². The van der Waals surface area contributed by atoms with Gasteiger partial charge in [-0.1, -0.05) is 19.8 Å². The quantitative estimate of drug-likeness (QED) is 0.741. The third-order valence-electron chi connectivity index (χ3n) is 3.02. The number of carbonyl (C=O) groups is 1. The Hall–Kier alpha value is -0.570. The summed E-state index contributed by atoms with van der Waals surface area (Å²) in [5.74, 6) is 0.678. The number of nitrogens with two attached hydrogens (primary N) is 1. The van der Waals surface area contributed by atoms with Crippen LogP contribution in [0.2, 0.25) is 0 Å². The van der Waals surface area contributed by atoms with Gasteiger partial charge >= 0.3 is 0 Å². The van der Waals surface area contributed by atoms with Crippen LogP contribution in [-0.2, 0) is 4.79 Å². The maximum Gasteiger partial charge on any atom is 0.231 e. The summed E-state index contributed by atoms with van der Waals surface area (Å²) in [4.78, 5) is 13.0. The molecule has 1 unspecified atom stereocenters. The number of likely N-dealkylation sites (tertiary alicyclic amines) is 1. The van der Waals surface area contributed by atoms with Crippen LogP contribution in [0.5, 0.6) is 0 Å². The first kappa shape index (κ1) is 11.5. The summed E-state index contributed by atoms with van der Waals surface area (Å²) in [5, 5.41) is 0. The van der Waals surface area contributed by atoms with E-state index in [9.17, 15) is 4.79 Å². The van der Waals surface area contributed by atoms with E-state index in [-0.39, 0.29) is 5.91 Å². The third-order valence-corrected chi connectivity index (χ3v) is 3.02. The second-order valence-corrected chi connectivity index (χ2v) is 4.33. The highest BCUT2D eigenvalue weighted by molar-refractivity contribution is 5.75. The van der Waals surface area contributed by atoms with Crippen LogP contribution in [0.25, 0.3) is 0 Å². The molecule has 14 heavy (non-hydrogen) atoms. The zero-order valence-corrected chi connectivity index (χ0v) is 9.17. The number of amides is 1. The van der Waals surface area contributed by atoms with Crippen molar-refractivity contribution in [3.05, 3.63) is 0 Å². The monoisotopic (exact) mass is 198 g/mol. The molecule has 3 nitrogen and oxygen atoms in total. The van der Waals surface area contributed by atoms with Gasteiger partial charge in [0, 0.05) is 0 Å². The van der Waals surface area contributed by atoms with Crippen molar-refractivity contribution >= 4 is 5.91 Å². The SMILES string of the molecule is CCCC1CCCN(CC(N)=O)CC1. The fourth-order valence-electron chi connectivity index (χ4n) is 2.30. The Kier molecular flexibility index (Phi) is 4.94. The van der Waals surface area contributed by atoms with Gasteiger partial charge in [-0.2, -0.15) is 0 Å². The molecule has 0 aromatic carbocycles. The maximum atomic E-state index is 10.8. The number of hydrogen-bond donors (Lipinski definition) is 1. The van der Waals surface area contributed by atoms with E-state index in [0.717, 1.165) is 19.0 Å². The molecule has 0 spiro atoms. The van der Waals surface area contributed by atoms with Crippen LogP contribution in [0.15, 0.2) is 0 Å². The highest BCUT2D eigenvalue weighted by Gasteiger charge is 2.16. The van der Waals surface area contributed by atoms with Crippen LogP contribution in [-0.4, -0.2) is 30.4 Å². The normalized spacial score (nSPS) is 24.5. The zero-order valence-electron chi connectivity index (χ0n) is 9.17. The van der Waals surface area contributed by atoms with Crippen molar-refractivity contribution in [1.82, 2.24) is 4.90 Å². The highest BCUT2D eigenvalue weighted by Crippen LogP contribution is 2.21. The molecule has 0 bridgehead atoms. The Bertz CT molecular complexity index is 182. The van der Waals surface area contributed by atoms with E-state index in [1.54, 1.807) is 0 Å². The molecule has 1 amide bonds.